The Balaban J connectivity index is 5.26. The summed E-state index contributed by atoms with van der Waals surface area (Å²) in [6.07, 6.45) is 59.6. The molecular formula is C83H162O17P2. The van der Waals surface area contributed by atoms with E-state index in [9.17, 15) is 43.2 Å². The lowest BCUT2D eigenvalue weighted by atomic mass is 10.0. The molecule has 5 atom stereocenters. The lowest BCUT2D eigenvalue weighted by molar-refractivity contribution is -0.161. The topological polar surface area (TPSA) is 237 Å². The maximum absolute atomic E-state index is 13.1. The minimum atomic E-state index is -4.96. The first-order chi connectivity index (χ1) is 49.1. The fourth-order valence-corrected chi connectivity index (χ4v) is 14.4. The molecule has 102 heavy (non-hydrogen) atoms. The van der Waals surface area contributed by atoms with Crippen LogP contribution in [-0.4, -0.2) is 96.7 Å². The predicted molar refractivity (Wildman–Crippen MR) is 418 cm³/mol. The van der Waals surface area contributed by atoms with Gasteiger partial charge in [-0.15, -0.1) is 0 Å². The van der Waals surface area contributed by atoms with Crippen molar-refractivity contribution in [2.24, 2.45) is 23.7 Å². The Morgan fingerprint density at radius 1 is 0.245 bits per heavy atom. The van der Waals surface area contributed by atoms with E-state index in [1.165, 1.54) is 231 Å². The van der Waals surface area contributed by atoms with E-state index in [0.717, 1.165) is 114 Å². The van der Waals surface area contributed by atoms with Crippen molar-refractivity contribution in [3.8, 4) is 0 Å². The van der Waals surface area contributed by atoms with Crippen LogP contribution in [0.2, 0.25) is 0 Å². The van der Waals surface area contributed by atoms with Crippen LogP contribution in [0.25, 0.3) is 0 Å². The number of carbonyl (C=O) groups is 4. The minimum Gasteiger partial charge on any atom is -0.462 e. The molecule has 606 valence electrons. The molecule has 17 nitrogen and oxygen atoms in total. The molecule has 0 aliphatic heterocycles. The van der Waals surface area contributed by atoms with E-state index < -0.39 is 97.5 Å². The summed E-state index contributed by atoms with van der Waals surface area (Å²) < 4.78 is 68.8. The second kappa shape index (κ2) is 72.0. The molecule has 3 N–H and O–H groups in total. The Kier molecular flexibility index (Phi) is 70.6. The number of ether oxygens (including phenoxy) is 4. The number of aliphatic hydroxyl groups is 1. The van der Waals surface area contributed by atoms with Crippen molar-refractivity contribution in [1.29, 1.82) is 0 Å². The van der Waals surface area contributed by atoms with Gasteiger partial charge in [0.1, 0.15) is 19.3 Å². The first-order valence-electron chi connectivity index (χ1n) is 42.7. The van der Waals surface area contributed by atoms with Crippen LogP contribution in [0, 0.1) is 23.7 Å². The van der Waals surface area contributed by atoms with E-state index in [1.807, 2.05) is 0 Å². The van der Waals surface area contributed by atoms with Crippen LogP contribution < -0.4 is 0 Å². The van der Waals surface area contributed by atoms with Crippen molar-refractivity contribution in [3.05, 3.63) is 0 Å². The third-order valence-electron chi connectivity index (χ3n) is 19.3. The van der Waals surface area contributed by atoms with Crippen LogP contribution in [0.4, 0.5) is 0 Å². The lowest BCUT2D eigenvalue weighted by Crippen LogP contribution is -2.30. The van der Waals surface area contributed by atoms with Gasteiger partial charge in [-0.2, -0.15) is 0 Å². The number of carbonyl (C=O) groups excluding carboxylic acids is 4. The summed E-state index contributed by atoms with van der Waals surface area (Å²) in [6, 6.07) is 0. The Hall–Kier alpha value is -1.94. The molecule has 0 aliphatic rings. The molecule has 0 bridgehead atoms. The molecule has 0 aromatic heterocycles. The third kappa shape index (κ3) is 76.3. The molecule has 0 radical (unpaired) electrons. The predicted octanol–water partition coefficient (Wildman–Crippen LogP) is 24.8. The first kappa shape index (κ1) is 100. The summed E-state index contributed by atoms with van der Waals surface area (Å²) >= 11 is 0. The molecular weight excluding hydrogens is 1330 g/mol. The molecule has 0 fully saturated rings. The van der Waals surface area contributed by atoms with Crippen molar-refractivity contribution in [2.45, 2.75) is 446 Å². The van der Waals surface area contributed by atoms with E-state index in [-0.39, 0.29) is 25.7 Å². The molecule has 2 unspecified atom stereocenters. The summed E-state index contributed by atoms with van der Waals surface area (Å²) in [7, 11) is -9.93. The van der Waals surface area contributed by atoms with Gasteiger partial charge in [0.15, 0.2) is 12.2 Å². The maximum Gasteiger partial charge on any atom is 0.472 e. The average Bonchev–Trinajstić information content (AvgIpc) is 0.908. The highest BCUT2D eigenvalue weighted by atomic mass is 31.2. The van der Waals surface area contributed by atoms with Crippen molar-refractivity contribution in [1.82, 2.24) is 0 Å². The van der Waals surface area contributed by atoms with Gasteiger partial charge in [0.25, 0.3) is 0 Å². The monoisotopic (exact) mass is 1490 g/mol. The molecule has 0 heterocycles. The standard InChI is InChI=1S/C83H162O17P2/c1-73(2)59-51-43-35-27-20-15-11-9-13-17-23-31-39-47-55-63-80(85)93-69-78(99-82(87)65-57-49-41-32-24-18-14-10-12-16-21-28-36-44-52-60-74(3)4)71-97-101(89,90)95-67-77(84)68-96-102(91,92)98-72-79(70-94-81(86)64-56-48-40-34-26-30-38-46-54-62-76(7)8)100-83(88)66-58-50-42-33-25-19-22-29-37-45-53-61-75(5)6/h73-79,84H,9-72H2,1-8H3,(H,89,90)(H,91,92)/t77-,78-,79-/m1/s1. The van der Waals surface area contributed by atoms with Gasteiger partial charge in [-0.1, -0.05) is 376 Å². The molecule has 0 saturated heterocycles. The number of esters is 4. The van der Waals surface area contributed by atoms with Gasteiger partial charge < -0.3 is 33.8 Å². The largest absolute Gasteiger partial charge is 0.472 e. The fraction of sp³-hybridized carbons (Fsp3) is 0.952. The highest BCUT2D eigenvalue weighted by Crippen LogP contribution is 2.45. The highest BCUT2D eigenvalue weighted by molar-refractivity contribution is 7.47. The molecule has 0 aromatic rings. The summed E-state index contributed by atoms with van der Waals surface area (Å²) in [6.45, 7) is 14.3. The maximum atomic E-state index is 13.1. The molecule has 0 aliphatic carbocycles. The lowest BCUT2D eigenvalue weighted by Gasteiger charge is -2.21. The molecule has 19 heteroatoms. The number of rotatable bonds is 80. The normalized spacial score (nSPS) is 14.0. The van der Waals surface area contributed by atoms with E-state index in [4.69, 9.17) is 37.0 Å². The summed E-state index contributed by atoms with van der Waals surface area (Å²) in [4.78, 5) is 73.1. The number of hydrogen-bond acceptors (Lipinski definition) is 15. The van der Waals surface area contributed by atoms with Crippen molar-refractivity contribution >= 4 is 39.5 Å². The fourth-order valence-electron chi connectivity index (χ4n) is 12.8. The van der Waals surface area contributed by atoms with E-state index in [2.05, 4.69) is 55.4 Å². The third-order valence-corrected chi connectivity index (χ3v) is 21.2. The summed E-state index contributed by atoms with van der Waals surface area (Å²) in [5.74, 6) is 1.01. The van der Waals surface area contributed by atoms with Crippen molar-refractivity contribution < 1.29 is 80.2 Å². The van der Waals surface area contributed by atoms with Gasteiger partial charge in [-0.05, 0) is 49.4 Å². The molecule has 0 rings (SSSR count). The van der Waals surface area contributed by atoms with Gasteiger partial charge in [0.05, 0.1) is 26.4 Å². The summed E-state index contributed by atoms with van der Waals surface area (Å²) in [5.41, 5.74) is 0. The van der Waals surface area contributed by atoms with E-state index >= 15 is 0 Å². The number of unbranched alkanes of at least 4 members (excludes halogenated alkanes) is 46. The van der Waals surface area contributed by atoms with Crippen LogP contribution >= 0.6 is 15.6 Å². The van der Waals surface area contributed by atoms with Crippen LogP contribution in [0.15, 0.2) is 0 Å². The van der Waals surface area contributed by atoms with Crippen molar-refractivity contribution in [2.75, 3.05) is 39.6 Å². The zero-order chi connectivity index (χ0) is 75.3. The minimum absolute atomic E-state index is 0.106. The Labute approximate surface area is 626 Å². The first-order valence-corrected chi connectivity index (χ1v) is 45.7. The number of hydrogen-bond donors (Lipinski definition) is 3. The van der Waals surface area contributed by atoms with Gasteiger partial charge in [0, 0.05) is 25.7 Å². The van der Waals surface area contributed by atoms with Crippen LogP contribution in [-0.2, 0) is 65.4 Å². The van der Waals surface area contributed by atoms with Crippen LogP contribution in [0.3, 0.4) is 0 Å². The van der Waals surface area contributed by atoms with E-state index in [1.54, 1.807) is 0 Å². The van der Waals surface area contributed by atoms with Gasteiger partial charge in [0.2, 0.25) is 0 Å². The Morgan fingerprint density at radius 2 is 0.412 bits per heavy atom. The Morgan fingerprint density at radius 3 is 0.608 bits per heavy atom. The van der Waals surface area contributed by atoms with Gasteiger partial charge >= 0.3 is 39.5 Å². The Bertz CT molecular complexity index is 1990. The van der Waals surface area contributed by atoms with Gasteiger partial charge in [-0.3, -0.25) is 37.3 Å². The van der Waals surface area contributed by atoms with E-state index in [0.29, 0.717) is 25.7 Å². The van der Waals surface area contributed by atoms with Crippen molar-refractivity contribution in [3.63, 3.8) is 0 Å². The smallest absolute Gasteiger partial charge is 0.462 e. The molecule has 0 spiro atoms. The van der Waals surface area contributed by atoms with Crippen LogP contribution in [0.1, 0.15) is 428 Å². The average molecular weight is 1490 g/mol. The second-order valence-electron chi connectivity index (χ2n) is 31.8. The number of aliphatic hydroxyl groups excluding tert-OH is 1. The molecule has 0 aromatic carbocycles. The zero-order valence-electron chi connectivity index (χ0n) is 67.2. The van der Waals surface area contributed by atoms with Crippen LogP contribution in [0.5, 0.6) is 0 Å². The van der Waals surface area contributed by atoms with Gasteiger partial charge in [-0.25, -0.2) is 9.13 Å². The number of phosphoric ester groups is 2. The second-order valence-corrected chi connectivity index (χ2v) is 34.7. The molecule has 0 saturated carbocycles. The highest BCUT2D eigenvalue weighted by Gasteiger charge is 2.30. The molecule has 0 amide bonds. The number of phosphoric acid groups is 2. The quantitative estimate of drug-likeness (QED) is 0.0222. The summed E-state index contributed by atoms with van der Waals surface area (Å²) in [5, 5.41) is 10.7. The zero-order valence-corrected chi connectivity index (χ0v) is 69.0. The SMILES string of the molecule is CC(C)CCCCCCCCCCCCCCCCCC(=O)OC[C@H](COP(=O)(O)OC[C@@H](O)COP(=O)(O)OC[C@@H](COC(=O)CCCCCCCCCCCC(C)C)OC(=O)CCCCCCCCCCCCCC(C)C)OC(=O)CCCCCCCCCCCCCCCCCC(C)C.